The maximum Gasteiger partial charge on any atom is 0.416 e. The predicted molar refractivity (Wildman–Crippen MR) is 64.7 cm³/mol. The van der Waals surface area contributed by atoms with Crippen molar-refractivity contribution < 1.29 is 22.7 Å². The van der Waals surface area contributed by atoms with Crippen LogP contribution in [0.2, 0.25) is 0 Å². The zero-order valence-corrected chi connectivity index (χ0v) is 10.6. The molecule has 0 aliphatic heterocycles. The van der Waals surface area contributed by atoms with Gasteiger partial charge in [0, 0.05) is 20.3 Å². The van der Waals surface area contributed by atoms with Crippen LogP contribution in [0.1, 0.15) is 17.5 Å². The standard InChI is InChI=1S/C13H16F3NO2/c1-19-8-2-7-17-12(18)9-10-3-5-11(6-4-10)13(14,15)16/h3-6H,2,7-9H2,1H3,(H,17,18). The molecule has 1 aromatic rings. The lowest BCUT2D eigenvalue weighted by molar-refractivity contribution is -0.137. The van der Waals surface area contributed by atoms with E-state index in [1.165, 1.54) is 12.1 Å². The third-order valence-electron chi connectivity index (χ3n) is 2.49. The summed E-state index contributed by atoms with van der Waals surface area (Å²) in [6.45, 7) is 1.05. The van der Waals surface area contributed by atoms with Crippen LogP contribution in [0, 0.1) is 0 Å². The smallest absolute Gasteiger partial charge is 0.385 e. The Balaban J connectivity index is 2.43. The average molecular weight is 275 g/mol. The molecule has 0 bridgehead atoms. The van der Waals surface area contributed by atoms with E-state index in [1.54, 1.807) is 7.11 Å². The van der Waals surface area contributed by atoms with Gasteiger partial charge in [0.15, 0.2) is 0 Å². The summed E-state index contributed by atoms with van der Waals surface area (Å²) in [7, 11) is 1.57. The zero-order valence-electron chi connectivity index (χ0n) is 10.6. The van der Waals surface area contributed by atoms with Gasteiger partial charge in [0.2, 0.25) is 5.91 Å². The molecule has 0 fully saturated rings. The first-order chi connectivity index (χ1) is 8.93. The van der Waals surface area contributed by atoms with Crippen molar-refractivity contribution in [2.24, 2.45) is 0 Å². The molecule has 1 amide bonds. The number of hydrogen-bond donors (Lipinski definition) is 1. The van der Waals surface area contributed by atoms with E-state index < -0.39 is 11.7 Å². The van der Waals surface area contributed by atoms with Crippen LogP contribution in [-0.4, -0.2) is 26.2 Å². The van der Waals surface area contributed by atoms with Gasteiger partial charge >= 0.3 is 6.18 Å². The number of carbonyl (C=O) groups is 1. The van der Waals surface area contributed by atoms with Gasteiger partial charge in [0.25, 0.3) is 0 Å². The SMILES string of the molecule is COCCCNC(=O)Cc1ccc(C(F)(F)F)cc1. The summed E-state index contributed by atoms with van der Waals surface area (Å²) in [6, 6.07) is 4.59. The molecule has 0 radical (unpaired) electrons. The highest BCUT2D eigenvalue weighted by atomic mass is 19.4. The van der Waals surface area contributed by atoms with E-state index in [0.717, 1.165) is 12.1 Å². The number of amides is 1. The molecule has 106 valence electrons. The Morgan fingerprint density at radius 2 is 1.89 bits per heavy atom. The number of nitrogens with one attached hydrogen (secondary N) is 1. The minimum Gasteiger partial charge on any atom is -0.385 e. The van der Waals surface area contributed by atoms with E-state index in [1.807, 2.05) is 0 Å². The van der Waals surface area contributed by atoms with E-state index in [-0.39, 0.29) is 12.3 Å². The summed E-state index contributed by atoms with van der Waals surface area (Å²) in [5, 5.41) is 2.67. The van der Waals surface area contributed by atoms with Crippen molar-refractivity contribution in [2.45, 2.75) is 19.0 Å². The molecule has 0 saturated carbocycles. The van der Waals surface area contributed by atoms with Crippen LogP contribution in [0.5, 0.6) is 0 Å². The number of benzene rings is 1. The highest BCUT2D eigenvalue weighted by Crippen LogP contribution is 2.29. The minimum atomic E-state index is -4.35. The van der Waals surface area contributed by atoms with Crippen molar-refractivity contribution >= 4 is 5.91 Å². The molecule has 0 unspecified atom stereocenters. The maximum absolute atomic E-state index is 12.3. The van der Waals surface area contributed by atoms with E-state index >= 15 is 0 Å². The lowest BCUT2D eigenvalue weighted by Gasteiger charge is -2.08. The number of halogens is 3. The van der Waals surface area contributed by atoms with Crippen LogP contribution < -0.4 is 5.32 Å². The second-order valence-electron chi connectivity index (χ2n) is 4.07. The van der Waals surface area contributed by atoms with Crippen molar-refractivity contribution in [3.8, 4) is 0 Å². The molecule has 0 aliphatic rings. The molecule has 1 rings (SSSR count). The molecule has 0 aliphatic carbocycles. The number of methoxy groups -OCH3 is 1. The molecule has 1 N–H and O–H groups in total. The minimum absolute atomic E-state index is 0.0745. The number of rotatable bonds is 6. The summed E-state index contributed by atoms with van der Waals surface area (Å²) < 4.78 is 41.8. The van der Waals surface area contributed by atoms with Gasteiger partial charge in [-0.25, -0.2) is 0 Å². The fourth-order valence-electron chi connectivity index (χ4n) is 1.50. The Bertz CT molecular complexity index is 401. The fraction of sp³-hybridized carbons (Fsp3) is 0.462. The topological polar surface area (TPSA) is 38.3 Å². The Hall–Kier alpha value is -1.56. The van der Waals surface area contributed by atoms with E-state index in [0.29, 0.717) is 25.1 Å². The zero-order chi connectivity index (χ0) is 14.3. The Labute approximate surface area is 109 Å². The molecule has 19 heavy (non-hydrogen) atoms. The van der Waals surface area contributed by atoms with Crippen LogP contribution in [0.25, 0.3) is 0 Å². The summed E-state index contributed by atoms with van der Waals surface area (Å²) >= 11 is 0. The van der Waals surface area contributed by atoms with E-state index in [4.69, 9.17) is 4.74 Å². The molecular formula is C13H16F3NO2. The van der Waals surface area contributed by atoms with Gasteiger partial charge in [0.1, 0.15) is 0 Å². The van der Waals surface area contributed by atoms with Crippen LogP contribution in [-0.2, 0) is 22.1 Å². The molecule has 0 spiro atoms. The Morgan fingerprint density at radius 1 is 1.26 bits per heavy atom. The Morgan fingerprint density at radius 3 is 2.42 bits per heavy atom. The van der Waals surface area contributed by atoms with Gasteiger partial charge in [-0.3, -0.25) is 4.79 Å². The average Bonchev–Trinajstić information content (AvgIpc) is 2.34. The quantitative estimate of drug-likeness (QED) is 0.810. The number of ether oxygens (including phenoxy) is 1. The van der Waals surface area contributed by atoms with Gasteiger partial charge < -0.3 is 10.1 Å². The third kappa shape index (κ3) is 5.74. The normalized spacial score (nSPS) is 11.4. The van der Waals surface area contributed by atoms with Crippen molar-refractivity contribution in [2.75, 3.05) is 20.3 Å². The Kier molecular flexibility index (Phi) is 5.82. The van der Waals surface area contributed by atoms with E-state index in [2.05, 4.69) is 5.32 Å². The summed E-state index contributed by atoms with van der Waals surface area (Å²) in [5.74, 6) is -0.212. The number of alkyl halides is 3. The summed E-state index contributed by atoms with van der Waals surface area (Å²) in [6.07, 6.45) is -3.57. The number of hydrogen-bond acceptors (Lipinski definition) is 2. The first-order valence-corrected chi connectivity index (χ1v) is 5.85. The first kappa shape index (κ1) is 15.5. The fourth-order valence-corrected chi connectivity index (χ4v) is 1.50. The van der Waals surface area contributed by atoms with Gasteiger partial charge in [0.05, 0.1) is 12.0 Å². The molecular weight excluding hydrogens is 259 g/mol. The van der Waals surface area contributed by atoms with Gasteiger partial charge in [-0.1, -0.05) is 12.1 Å². The van der Waals surface area contributed by atoms with Gasteiger partial charge in [-0.15, -0.1) is 0 Å². The summed E-state index contributed by atoms with van der Waals surface area (Å²) in [5.41, 5.74) is -0.158. The monoisotopic (exact) mass is 275 g/mol. The second kappa shape index (κ2) is 7.13. The van der Waals surface area contributed by atoms with Crippen molar-refractivity contribution in [3.63, 3.8) is 0 Å². The van der Waals surface area contributed by atoms with Crippen molar-refractivity contribution in [1.82, 2.24) is 5.32 Å². The molecule has 0 saturated heterocycles. The van der Waals surface area contributed by atoms with Gasteiger partial charge in [-0.05, 0) is 24.1 Å². The molecule has 3 nitrogen and oxygen atoms in total. The molecule has 6 heteroatoms. The van der Waals surface area contributed by atoms with Crippen LogP contribution in [0.3, 0.4) is 0 Å². The predicted octanol–water partition coefficient (Wildman–Crippen LogP) is 2.40. The maximum atomic E-state index is 12.3. The molecule has 0 heterocycles. The largest absolute Gasteiger partial charge is 0.416 e. The molecule has 1 aromatic carbocycles. The highest BCUT2D eigenvalue weighted by molar-refractivity contribution is 5.78. The molecule has 0 aromatic heterocycles. The summed E-state index contributed by atoms with van der Waals surface area (Å²) in [4.78, 5) is 11.5. The molecule has 0 atom stereocenters. The van der Waals surface area contributed by atoms with E-state index in [9.17, 15) is 18.0 Å². The lowest BCUT2D eigenvalue weighted by atomic mass is 10.1. The third-order valence-corrected chi connectivity index (χ3v) is 2.49. The second-order valence-corrected chi connectivity index (χ2v) is 4.07. The van der Waals surface area contributed by atoms with Crippen LogP contribution in [0.15, 0.2) is 24.3 Å². The van der Waals surface area contributed by atoms with Crippen molar-refractivity contribution in [1.29, 1.82) is 0 Å². The highest BCUT2D eigenvalue weighted by Gasteiger charge is 2.29. The van der Waals surface area contributed by atoms with Crippen LogP contribution >= 0.6 is 0 Å². The first-order valence-electron chi connectivity index (χ1n) is 5.85. The van der Waals surface area contributed by atoms with Gasteiger partial charge in [-0.2, -0.15) is 13.2 Å². The number of carbonyl (C=O) groups excluding carboxylic acids is 1. The lowest BCUT2D eigenvalue weighted by Crippen LogP contribution is -2.26. The van der Waals surface area contributed by atoms with Crippen LogP contribution in [0.4, 0.5) is 13.2 Å². The van der Waals surface area contributed by atoms with Crippen molar-refractivity contribution in [3.05, 3.63) is 35.4 Å².